The van der Waals surface area contributed by atoms with E-state index in [0.717, 1.165) is 25.7 Å². The maximum absolute atomic E-state index is 10.7. The Hall–Kier alpha value is -1.06. The van der Waals surface area contributed by atoms with Gasteiger partial charge in [-0.25, -0.2) is 0 Å². The average molecular weight is 214 g/mol. The molecule has 0 unspecified atom stereocenters. The molecule has 15 heavy (non-hydrogen) atoms. The van der Waals surface area contributed by atoms with Crippen LogP contribution in [-0.2, 0) is 9.59 Å². The van der Waals surface area contributed by atoms with Gasteiger partial charge in [0.25, 0.3) is 0 Å². The van der Waals surface area contributed by atoms with Gasteiger partial charge in [0, 0.05) is 12.8 Å². The lowest BCUT2D eigenvalue weighted by molar-refractivity contribution is -0.144. The molecule has 0 spiro atoms. The number of hydrogen-bond donors (Lipinski definition) is 2. The van der Waals surface area contributed by atoms with Crippen LogP contribution in [0.1, 0.15) is 45.4 Å². The highest BCUT2D eigenvalue weighted by molar-refractivity contribution is 5.71. The quantitative estimate of drug-likeness (QED) is 0.710. The van der Waals surface area contributed by atoms with E-state index in [1.807, 2.05) is 6.92 Å². The molecule has 1 aliphatic carbocycles. The highest BCUT2D eigenvalue weighted by atomic mass is 16.4. The summed E-state index contributed by atoms with van der Waals surface area (Å²) < 4.78 is 0. The first kappa shape index (κ1) is 12.0. The topological polar surface area (TPSA) is 74.6 Å². The Kier molecular flexibility index (Phi) is 3.72. The molecule has 0 heterocycles. The summed E-state index contributed by atoms with van der Waals surface area (Å²) in [4.78, 5) is 21.4. The van der Waals surface area contributed by atoms with Gasteiger partial charge in [-0.3, -0.25) is 9.59 Å². The van der Waals surface area contributed by atoms with Crippen LogP contribution in [0.3, 0.4) is 0 Å². The van der Waals surface area contributed by atoms with E-state index in [1.165, 1.54) is 0 Å². The third-order valence-electron chi connectivity index (χ3n) is 3.76. The van der Waals surface area contributed by atoms with E-state index in [2.05, 4.69) is 0 Å². The fourth-order valence-corrected chi connectivity index (χ4v) is 2.61. The zero-order valence-electron chi connectivity index (χ0n) is 9.03. The third-order valence-corrected chi connectivity index (χ3v) is 3.76. The van der Waals surface area contributed by atoms with E-state index in [0.29, 0.717) is 0 Å². The predicted octanol–water partition coefficient (Wildman–Crippen LogP) is 2.13. The molecule has 2 N–H and O–H groups in total. The number of aliphatic carboxylic acids is 2. The van der Waals surface area contributed by atoms with Crippen LogP contribution in [0, 0.1) is 11.3 Å². The Morgan fingerprint density at radius 1 is 1.20 bits per heavy atom. The second kappa shape index (κ2) is 4.64. The van der Waals surface area contributed by atoms with Gasteiger partial charge in [0.2, 0.25) is 0 Å². The summed E-state index contributed by atoms with van der Waals surface area (Å²) in [6, 6.07) is 0. The monoisotopic (exact) mass is 214 g/mol. The number of carboxylic acid groups (broad SMARTS) is 2. The molecule has 0 radical (unpaired) electrons. The van der Waals surface area contributed by atoms with Crippen LogP contribution in [0.2, 0.25) is 0 Å². The van der Waals surface area contributed by atoms with Gasteiger partial charge in [0.05, 0.1) is 0 Å². The average Bonchev–Trinajstić information content (AvgIpc) is 2.00. The molecule has 0 saturated heterocycles. The number of carbonyl (C=O) groups is 2. The van der Waals surface area contributed by atoms with E-state index in [4.69, 9.17) is 10.2 Å². The van der Waals surface area contributed by atoms with Crippen molar-refractivity contribution in [2.75, 3.05) is 0 Å². The zero-order chi connectivity index (χ0) is 11.5. The molecule has 0 aromatic heterocycles. The maximum Gasteiger partial charge on any atom is 0.303 e. The first-order valence-corrected chi connectivity index (χ1v) is 5.44. The minimum Gasteiger partial charge on any atom is -0.481 e. The summed E-state index contributed by atoms with van der Waals surface area (Å²) >= 11 is 0. The Balaban J connectivity index is 2.69. The highest BCUT2D eigenvalue weighted by Crippen LogP contribution is 2.52. The van der Waals surface area contributed by atoms with Gasteiger partial charge in [-0.05, 0) is 24.2 Å². The second-order valence-electron chi connectivity index (χ2n) is 4.46. The standard InChI is InChI=1S/C11H18O4/c1-2-11(4-3-5-11)8(6-9(12)13)7-10(14)15/h8H,2-7H2,1H3,(H,12,13)(H,14,15). The van der Waals surface area contributed by atoms with E-state index in [9.17, 15) is 9.59 Å². The van der Waals surface area contributed by atoms with Crippen molar-refractivity contribution < 1.29 is 19.8 Å². The Morgan fingerprint density at radius 2 is 1.67 bits per heavy atom. The normalized spacial score (nSPS) is 18.5. The van der Waals surface area contributed by atoms with E-state index in [-0.39, 0.29) is 24.2 Å². The largest absolute Gasteiger partial charge is 0.481 e. The summed E-state index contributed by atoms with van der Waals surface area (Å²) in [5.74, 6) is -1.98. The molecule has 1 fully saturated rings. The van der Waals surface area contributed by atoms with Crippen LogP contribution in [0.5, 0.6) is 0 Å². The lowest BCUT2D eigenvalue weighted by atomic mass is 9.58. The van der Waals surface area contributed by atoms with Crippen molar-refractivity contribution >= 4 is 11.9 Å². The van der Waals surface area contributed by atoms with Gasteiger partial charge >= 0.3 is 11.9 Å². The molecule has 1 saturated carbocycles. The summed E-state index contributed by atoms with van der Waals surface area (Å²) in [6.45, 7) is 2.02. The minimum atomic E-state index is -0.888. The third kappa shape index (κ3) is 2.70. The molecule has 4 nitrogen and oxygen atoms in total. The molecule has 0 bridgehead atoms. The Morgan fingerprint density at radius 3 is 1.87 bits per heavy atom. The molecule has 0 aromatic carbocycles. The molecule has 4 heteroatoms. The lowest BCUT2D eigenvalue weighted by Crippen LogP contribution is -2.39. The lowest BCUT2D eigenvalue weighted by Gasteiger charge is -2.46. The highest BCUT2D eigenvalue weighted by Gasteiger charge is 2.43. The summed E-state index contributed by atoms with van der Waals surface area (Å²) in [5.41, 5.74) is -0.0171. The van der Waals surface area contributed by atoms with Crippen LogP contribution in [0.25, 0.3) is 0 Å². The fourth-order valence-electron chi connectivity index (χ4n) is 2.61. The molecule has 0 amide bonds. The molecule has 0 aliphatic heterocycles. The molecule has 86 valence electrons. The Bertz CT molecular complexity index is 234. The van der Waals surface area contributed by atoms with E-state index >= 15 is 0 Å². The predicted molar refractivity (Wildman–Crippen MR) is 54.6 cm³/mol. The SMILES string of the molecule is CCC1(C(CC(=O)O)CC(=O)O)CCC1. The van der Waals surface area contributed by atoms with Crippen LogP contribution < -0.4 is 0 Å². The van der Waals surface area contributed by atoms with Gasteiger partial charge in [-0.2, -0.15) is 0 Å². The fraction of sp³-hybridized carbons (Fsp3) is 0.818. The number of carboxylic acids is 2. The van der Waals surface area contributed by atoms with Gasteiger partial charge < -0.3 is 10.2 Å². The molecule has 1 rings (SSSR count). The maximum atomic E-state index is 10.7. The molecule has 1 aliphatic rings. The second-order valence-corrected chi connectivity index (χ2v) is 4.46. The summed E-state index contributed by atoms with van der Waals surface area (Å²) in [5, 5.41) is 17.6. The van der Waals surface area contributed by atoms with Crippen molar-refractivity contribution in [2.45, 2.75) is 45.4 Å². The first-order valence-electron chi connectivity index (χ1n) is 5.44. The van der Waals surface area contributed by atoms with Crippen molar-refractivity contribution in [3.8, 4) is 0 Å². The first-order chi connectivity index (χ1) is 7.00. The van der Waals surface area contributed by atoms with E-state index in [1.54, 1.807) is 0 Å². The number of hydrogen-bond acceptors (Lipinski definition) is 2. The summed E-state index contributed by atoms with van der Waals surface area (Å²) in [7, 11) is 0. The van der Waals surface area contributed by atoms with Crippen LogP contribution in [-0.4, -0.2) is 22.2 Å². The zero-order valence-corrected chi connectivity index (χ0v) is 9.03. The van der Waals surface area contributed by atoms with Crippen molar-refractivity contribution in [1.82, 2.24) is 0 Å². The smallest absolute Gasteiger partial charge is 0.303 e. The van der Waals surface area contributed by atoms with Crippen LogP contribution in [0.15, 0.2) is 0 Å². The van der Waals surface area contributed by atoms with Gasteiger partial charge in [0.1, 0.15) is 0 Å². The molecule has 0 atom stereocenters. The molecular formula is C11H18O4. The van der Waals surface area contributed by atoms with Crippen LogP contribution in [0.4, 0.5) is 0 Å². The molecule has 0 aromatic rings. The van der Waals surface area contributed by atoms with Crippen LogP contribution >= 0.6 is 0 Å². The number of rotatable bonds is 6. The van der Waals surface area contributed by atoms with Gasteiger partial charge in [0.15, 0.2) is 0 Å². The molecular weight excluding hydrogens is 196 g/mol. The van der Waals surface area contributed by atoms with Crippen molar-refractivity contribution in [3.05, 3.63) is 0 Å². The summed E-state index contributed by atoms with van der Waals surface area (Å²) in [6.07, 6.45) is 3.92. The van der Waals surface area contributed by atoms with Crippen molar-refractivity contribution in [2.24, 2.45) is 11.3 Å². The van der Waals surface area contributed by atoms with E-state index < -0.39 is 11.9 Å². The Labute approximate surface area is 89.3 Å². The van der Waals surface area contributed by atoms with Crippen molar-refractivity contribution in [1.29, 1.82) is 0 Å². The van der Waals surface area contributed by atoms with Crippen molar-refractivity contribution in [3.63, 3.8) is 0 Å². The van der Waals surface area contributed by atoms with Gasteiger partial charge in [-0.15, -0.1) is 0 Å². The minimum absolute atomic E-state index is 0.0137. The van der Waals surface area contributed by atoms with Gasteiger partial charge in [-0.1, -0.05) is 19.8 Å².